The van der Waals surface area contributed by atoms with Crippen LogP contribution in [-0.2, 0) is 9.59 Å². The molecule has 0 aliphatic carbocycles. The molecule has 6 heteroatoms. The predicted molar refractivity (Wildman–Crippen MR) is 73.5 cm³/mol. The zero-order valence-electron chi connectivity index (χ0n) is 10.5. The Bertz CT molecular complexity index is 608. The average molecular weight is 278 g/mol. The summed E-state index contributed by atoms with van der Waals surface area (Å²) < 4.78 is 0. The standard InChI is InChI=1S/C13H12ClN3O2/c1-8(18)15-13-16-12(19)11(17(13)2)7-9-5-3-4-6-10(9)14/h3-7H,1-2H3,(H,15,16,18,19)/b11-7-. The predicted octanol–water partition coefficient (Wildman–Crippen LogP) is 1.65. The molecule has 1 aromatic rings. The van der Waals surface area contributed by atoms with Gasteiger partial charge < -0.3 is 4.90 Å². The molecule has 0 atom stereocenters. The number of halogens is 1. The van der Waals surface area contributed by atoms with Crippen LogP contribution in [0, 0.1) is 0 Å². The minimum Gasteiger partial charge on any atom is -0.310 e. The molecule has 2 rings (SSSR count). The molecule has 0 bridgehead atoms. The number of guanidine groups is 1. The number of benzene rings is 1. The zero-order valence-corrected chi connectivity index (χ0v) is 11.2. The van der Waals surface area contributed by atoms with Gasteiger partial charge in [0.25, 0.3) is 5.91 Å². The molecular formula is C13H12ClN3O2. The Kier molecular flexibility index (Phi) is 3.66. The lowest BCUT2D eigenvalue weighted by Gasteiger charge is -2.14. The van der Waals surface area contributed by atoms with E-state index < -0.39 is 5.91 Å². The Morgan fingerprint density at radius 2 is 2.11 bits per heavy atom. The summed E-state index contributed by atoms with van der Waals surface area (Å²) in [4.78, 5) is 28.1. The van der Waals surface area contributed by atoms with Crippen molar-refractivity contribution in [1.29, 1.82) is 0 Å². The summed E-state index contributed by atoms with van der Waals surface area (Å²) in [5, 5.41) is 3.04. The molecule has 0 saturated heterocycles. The first-order valence-corrected chi connectivity index (χ1v) is 5.97. The summed E-state index contributed by atoms with van der Waals surface area (Å²) in [6.45, 7) is 1.36. The number of carbonyl (C=O) groups is 2. The van der Waals surface area contributed by atoms with Gasteiger partial charge in [0, 0.05) is 19.0 Å². The number of nitrogens with one attached hydrogen (secondary N) is 1. The fraction of sp³-hybridized carbons (Fsp3) is 0.154. The van der Waals surface area contributed by atoms with Gasteiger partial charge in [0.2, 0.25) is 11.9 Å². The normalized spacial score (nSPS) is 16.8. The molecule has 1 heterocycles. The van der Waals surface area contributed by atoms with E-state index in [9.17, 15) is 9.59 Å². The van der Waals surface area contributed by atoms with E-state index in [1.807, 2.05) is 12.1 Å². The van der Waals surface area contributed by atoms with Gasteiger partial charge in [0.05, 0.1) is 0 Å². The first kappa shape index (κ1) is 13.3. The number of carbonyl (C=O) groups excluding carboxylic acids is 2. The second-order valence-corrected chi connectivity index (χ2v) is 4.44. The van der Waals surface area contributed by atoms with Crippen molar-refractivity contribution in [3.05, 3.63) is 40.5 Å². The zero-order chi connectivity index (χ0) is 14.0. The van der Waals surface area contributed by atoms with Gasteiger partial charge in [-0.15, -0.1) is 0 Å². The van der Waals surface area contributed by atoms with Crippen molar-refractivity contribution in [2.45, 2.75) is 6.92 Å². The second kappa shape index (κ2) is 5.24. The van der Waals surface area contributed by atoms with Crippen molar-refractivity contribution in [1.82, 2.24) is 10.2 Å². The Morgan fingerprint density at radius 3 is 2.74 bits per heavy atom. The molecule has 0 radical (unpaired) electrons. The minimum absolute atomic E-state index is 0.218. The quantitative estimate of drug-likeness (QED) is 0.794. The number of likely N-dealkylation sites (N-methyl/N-ethyl adjacent to an activating group) is 1. The van der Waals surface area contributed by atoms with Crippen LogP contribution in [0.5, 0.6) is 0 Å². The minimum atomic E-state index is -0.411. The number of nitrogens with zero attached hydrogens (tertiary/aromatic N) is 2. The van der Waals surface area contributed by atoms with Gasteiger partial charge >= 0.3 is 0 Å². The van der Waals surface area contributed by atoms with Crippen molar-refractivity contribution in [2.75, 3.05) is 7.05 Å². The number of amides is 2. The summed E-state index contributed by atoms with van der Waals surface area (Å²) in [6.07, 6.45) is 1.64. The van der Waals surface area contributed by atoms with E-state index in [0.29, 0.717) is 10.7 Å². The third-order valence-corrected chi connectivity index (χ3v) is 2.94. The molecule has 1 aliphatic heterocycles. The number of rotatable bonds is 1. The first-order chi connectivity index (χ1) is 8.99. The van der Waals surface area contributed by atoms with Crippen LogP contribution in [-0.4, -0.2) is 29.7 Å². The fourth-order valence-electron chi connectivity index (χ4n) is 1.65. The van der Waals surface area contributed by atoms with Crippen LogP contribution in [0.4, 0.5) is 0 Å². The number of aliphatic imine (C=N–C) groups is 1. The van der Waals surface area contributed by atoms with Crippen LogP contribution < -0.4 is 5.32 Å². The molecule has 0 saturated carbocycles. The van der Waals surface area contributed by atoms with Gasteiger partial charge in [0.1, 0.15) is 5.70 Å². The summed E-state index contributed by atoms with van der Waals surface area (Å²) >= 11 is 6.04. The third-order valence-electron chi connectivity index (χ3n) is 2.59. The summed E-state index contributed by atoms with van der Waals surface area (Å²) in [5.74, 6) is -0.473. The van der Waals surface area contributed by atoms with Crippen molar-refractivity contribution in [3.63, 3.8) is 0 Å². The van der Waals surface area contributed by atoms with Gasteiger partial charge in [-0.05, 0) is 17.7 Å². The van der Waals surface area contributed by atoms with E-state index in [4.69, 9.17) is 11.6 Å². The van der Waals surface area contributed by atoms with Gasteiger partial charge in [-0.2, -0.15) is 4.99 Å². The van der Waals surface area contributed by atoms with E-state index in [0.717, 1.165) is 5.56 Å². The Labute approximate surface area is 115 Å². The Morgan fingerprint density at radius 1 is 1.42 bits per heavy atom. The lowest BCUT2D eigenvalue weighted by molar-refractivity contribution is -0.117. The van der Waals surface area contributed by atoms with Crippen LogP contribution in [0.25, 0.3) is 6.08 Å². The molecule has 5 nitrogen and oxygen atoms in total. The smallest absolute Gasteiger partial charge is 0.296 e. The highest BCUT2D eigenvalue weighted by Gasteiger charge is 2.27. The van der Waals surface area contributed by atoms with E-state index in [1.165, 1.54) is 11.8 Å². The maximum Gasteiger partial charge on any atom is 0.296 e. The maximum absolute atomic E-state index is 11.8. The topological polar surface area (TPSA) is 61.8 Å². The lowest BCUT2D eigenvalue weighted by Crippen LogP contribution is -2.37. The first-order valence-electron chi connectivity index (χ1n) is 5.59. The molecular weight excluding hydrogens is 266 g/mol. The molecule has 19 heavy (non-hydrogen) atoms. The molecule has 0 aromatic heterocycles. The van der Waals surface area contributed by atoms with Crippen LogP contribution >= 0.6 is 11.6 Å². The lowest BCUT2D eigenvalue weighted by atomic mass is 10.2. The molecule has 1 aliphatic rings. The summed E-state index contributed by atoms with van der Waals surface area (Å²) in [6, 6.07) is 7.17. The van der Waals surface area contributed by atoms with Crippen molar-refractivity contribution in [3.8, 4) is 0 Å². The molecule has 98 valence electrons. The van der Waals surface area contributed by atoms with Gasteiger partial charge in [-0.3, -0.25) is 14.9 Å². The van der Waals surface area contributed by atoms with E-state index in [-0.39, 0.29) is 11.9 Å². The van der Waals surface area contributed by atoms with Gasteiger partial charge in [-0.25, -0.2) is 0 Å². The van der Waals surface area contributed by atoms with Crippen molar-refractivity contribution in [2.24, 2.45) is 4.99 Å². The van der Waals surface area contributed by atoms with E-state index in [2.05, 4.69) is 10.3 Å². The molecule has 0 unspecified atom stereocenters. The van der Waals surface area contributed by atoms with Crippen molar-refractivity contribution < 1.29 is 9.59 Å². The average Bonchev–Trinajstić information content (AvgIpc) is 2.59. The van der Waals surface area contributed by atoms with Crippen LogP contribution in [0.2, 0.25) is 5.02 Å². The Hall–Kier alpha value is -2.14. The van der Waals surface area contributed by atoms with Crippen LogP contribution in [0.1, 0.15) is 12.5 Å². The third kappa shape index (κ3) is 2.82. The molecule has 1 aromatic carbocycles. The fourth-order valence-corrected chi connectivity index (χ4v) is 1.84. The summed E-state index contributed by atoms with van der Waals surface area (Å²) in [7, 11) is 1.66. The SMILES string of the molecule is CC(=O)NC1=NC(=O)/C(=C/c2ccccc2Cl)N1C. The van der Waals surface area contributed by atoms with E-state index in [1.54, 1.807) is 25.3 Å². The highest BCUT2D eigenvalue weighted by Crippen LogP contribution is 2.22. The molecule has 0 fully saturated rings. The highest BCUT2D eigenvalue weighted by atomic mass is 35.5. The number of hydrogen-bond donors (Lipinski definition) is 1. The van der Waals surface area contributed by atoms with Gasteiger partial charge in [0.15, 0.2) is 0 Å². The largest absolute Gasteiger partial charge is 0.310 e. The molecule has 2 amide bonds. The summed E-state index contributed by atoms with van der Waals surface area (Å²) in [5.41, 5.74) is 1.08. The maximum atomic E-state index is 11.8. The highest BCUT2D eigenvalue weighted by molar-refractivity contribution is 6.32. The van der Waals surface area contributed by atoms with Crippen LogP contribution in [0.15, 0.2) is 35.0 Å². The van der Waals surface area contributed by atoms with Crippen LogP contribution in [0.3, 0.4) is 0 Å². The van der Waals surface area contributed by atoms with Gasteiger partial charge in [-0.1, -0.05) is 29.8 Å². The molecule has 0 spiro atoms. The monoisotopic (exact) mass is 277 g/mol. The second-order valence-electron chi connectivity index (χ2n) is 4.03. The Balaban J connectivity index is 2.31. The number of hydrogen-bond acceptors (Lipinski definition) is 3. The van der Waals surface area contributed by atoms with E-state index >= 15 is 0 Å². The molecule has 1 N–H and O–H groups in total. The van der Waals surface area contributed by atoms with Crippen molar-refractivity contribution >= 4 is 35.5 Å².